The number of rotatable bonds is 3. The predicted molar refractivity (Wildman–Crippen MR) is 74.7 cm³/mol. The molecule has 0 bridgehead atoms. The van der Waals surface area contributed by atoms with Gasteiger partial charge in [0.1, 0.15) is 0 Å². The molecule has 0 saturated carbocycles. The number of nitrogen functional groups attached to an aromatic ring is 1. The van der Waals surface area contributed by atoms with Gasteiger partial charge in [-0.15, -0.1) is 0 Å². The SMILES string of the molecule is CCc1cccc(Nc2cccc(C)c2N)c1. The largest absolute Gasteiger partial charge is 0.397 e. The molecule has 88 valence electrons. The predicted octanol–water partition coefficient (Wildman–Crippen LogP) is 3.88. The molecular weight excluding hydrogens is 208 g/mol. The second-order valence-corrected chi connectivity index (χ2v) is 4.22. The fourth-order valence-electron chi connectivity index (χ4n) is 1.81. The molecule has 0 aromatic heterocycles. The van der Waals surface area contributed by atoms with Gasteiger partial charge in [-0.1, -0.05) is 31.2 Å². The first-order chi connectivity index (χ1) is 8.20. The Morgan fingerprint density at radius 2 is 1.88 bits per heavy atom. The van der Waals surface area contributed by atoms with Crippen LogP contribution in [0, 0.1) is 6.92 Å². The van der Waals surface area contributed by atoms with Crippen LogP contribution in [0.4, 0.5) is 17.1 Å². The van der Waals surface area contributed by atoms with Gasteiger partial charge in [0.15, 0.2) is 0 Å². The van der Waals surface area contributed by atoms with Crippen molar-refractivity contribution in [2.75, 3.05) is 11.1 Å². The van der Waals surface area contributed by atoms with Crippen LogP contribution in [0.3, 0.4) is 0 Å². The van der Waals surface area contributed by atoms with Gasteiger partial charge in [-0.2, -0.15) is 0 Å². The van der Waals surface area contributed by atoms with E-state index in [4.69, 9.17) is 5.73 Å². The molecule has 0 saturated heterocycles. The number of hydrogen-bond donors (Lipinski definition) is 2. The van der Waals surface area contributed by atoms with Crippen molar-refractivity contribution in [1.29, 1.82) is 0 Å². The van der Waals surface area contributed by atoms with Crippen LogP contribution < -0.4 is 11.1 Å². The van der Waals surface area contributed by atoms with Gasteiger partial charge in [-0.05, 0) is 42.7 Å². The lowest BCUT2D eigenvalue weighted by Crippen LogP contribution is -1.98. The number of hydrogen-bond acceptors (Lipinski definition) is 2. The lowest BCUT2D eigenvalue weighted by atomic mass is 10.1. The van der Waals surface area contributed by atoms with Crippen molar-refractivity contribution in [1.82, 2.24) is 0 Å². The van der Waals surface area contributed by atoms with Crippen LogP contribution >= 0.6 is 0 Å². The van der Waals surface area contributed by atoms with E-state index >= 15 is 0 Å². The molecule has 2 heteroatoms. The highest BCUT2D eigenvalue weighted by Crippen LogP contribution is 2.26. The molecule has 2 aromatic carbocycles. The minimum Gasteiger partial charge on any atom is -0.397 e. The van der Waals surface area contributed by atoms with Crippen molar-refractivity contribution in [3.63, 3.8) is 0 Å². The molecule has 3 N–H and O–H groups in total. The van der Waals surface area contributed by atoms with Crippen molar-refractivity contribution in [2.45, 2.75) is 20.3 Å². The monoisotopic (exact) mass is 226 g/mol. The summed E-state index contributed by atoms with van der Waals surface area (Å²) in [6, 6.07) is 14.4. The normalized spacial score (nSPS) is 10.2. The summed E-state index contributed by atoms with van der Waals surface area (Å²) in [7, 11) is 0. The molecule has 0 aliphatic heterocycles. The summed E-state index contributed by atoms with van der Waals surface area (Å²) in [5, 5.41) is 3.36. The summed E-state index contributed by atoms with van der Waals surface area (Å²) < 4.78 is 0. The van der Waals surface area contributed by atoms with Gasteiger partial charge in [0.05, 0.1) is 11.4 Å². The summed E-state index contributed by atoms with van der Waals surface area (Å²) in [6.45, 7) is 4.17. The van der Waals surface area contributed by atoms with Crippen molar-refractivity contribution in [3.8, 4) is 0 Å². The molecule has 0 heterocycles. The first-order valence-corrected chi connectivity index (χ1v) is 5.91. The fourth-order valence-corrected chi connectivity index (χ4v) is 1.81. The second-order valence-electron chi connectivity index (χ2n) is 4.22. The molecule has 0 aliphatic carbocycles. The molecule has 0 unspecified atom stereocenters. The number of anilines is 3. The van der Waals surface area contributed by atoms with E-state index < -0.39 is 0 Å². The van der Waals surface area contributed by atoms with Gasteiger partial charge in [0, 0.05) is 5.69 Å². The van der Waals surface area contributed by atoms with Crippen LogP contribution in [0.1, 0.15) is 18.1 Å². The second kappa shape index (κ2) is 4.91. The minimum absolute atomic E-state index is 0.814. The third-order valence-corrected chi connectivity index (χ3v) is 2.94. The molecule has 2 nitrogen and oxygen atoms in total. The maximum absolute atomic E-state index is 6.04. The highest BCUT2D eigenvalue weighted by atomic mass is 14.9. The lowest BCUT2D eigenvalue weighted by Gasteiger charge is -2.11. The van der Waals surface area contributed by atoms with Gasteiger partial charge < -0.3 is 11.1 Å². The van der Waals surface area contributed by atoms with Gasteiger partial charge in [-0.25, -0.2) is 0 Å². The number of benzene rings is 2. The van der Waals surface area contributed by atoms with Gasteiger partial charge >= 0.3 is 0 Å². The summed E-state index contributed by atoms with van der Waals surface area (Å²) in [4.78, 5) is 0. The Bertz CT molecular complexity index is 518. The Morgan fingerprint density at radius 1 is 1.12 bits per heavy atom. The number of nitrogens with one attached hydrogen (secondary N) is 1. The fraction of sp³-hybridized carbons (Fsp3) is 0.200. The summed E-state index contributed by atoms with van der Waals surface area (Å²) >= 11 is 0. The Balaban J connectivity index is 2.28. The van der Waals surface area contributed by atoms with Crippen LogP contribution in [0.15, 0.2) is 42.5 Å². The Kier molecular flexibility index (Phi) is 3.33. The molecule has 0 aliphatic rings. The Morgan fingerprint density at radius 3 is 2.65 bits per heavy atom. The molecule has 0 fully saturated rings. The van der Waals surface area contributed by atoms with E-state index in [1.165, 1.54) is 5.56 Å². The third kappa shape index (κ3) is 2.59. The average molecular weight is 226 g/mol. The van der Waals surface area contributed by atoms with E-state index in [2.05, 4.69) is 36.5 Å². The number of para-hydroxylation sites is 1. The number of aryl methyl sites for hydroxylation is 2. The Labute approximate surface area is 102 Å². The van der Waals surface area contributed by atoms with Crippen molar-refractivity contribution in [3.05, 3.63) is 53.6 Å². The van der Waals surface area contributed by atoms with Gasteiger partial charge in [-0.3, -0.25) is 0 Å². The molecule has 17 heavy (non-hydrogen) atoms. The molecule has 0 radical (unpaired) electrons. The van der Waals surface area contributed by atoms with E-state index in [1.807, 2.05) is 25.1 Å². The molecular formula is C15H18N2. The van der Waals surface area contributed by atoms with Crippen molar-refractivity contribution in [2.24, 2.45) is 0 Å². The maximum atomic E-state index is 6.04. The van der Waals surface area contributed by atoms with Crippen LogP contribution in [-0.2, 0) is 6.42 Å². The van der Waals surface area contributed by atoms with E-state index in [0.29, 0.717) is 0 Å². The van der Waals surface area contributed by atoms with E-state index in [-0.39, 0.29) is 0 Å². The summed E-state index contributed by atoms with van der Waals surface area (Å²) in [6.07, 6.45) is 1.04. The topological polar surface area (TPSA) is 38.0 Å². The summed E-state index contributed by atoms with van der Waals surface area (Å²) in [5.41, 5.74) is 11.3. The minimum atomic E-state index is 0.814. The lowest BCUT2D eigenvalue weighted by molar-refractivity contribution is 1.14. The maximum Gasteiger partial charge on any atom is 0.0620 e. The van der Waals surface area contributed by atoms with Crippen LogP contribution in [0.25, 0.3) is 0 Å². The van der Waals surface area contributed by atoms with Gasteiger partial charge in [0.2, 0.25) is 0 Å². The molecule has 0 amide bonds. The van der Waals surface area contributed by atoms with Crippen LogP contribution in [0.2, 0.25) is 0 Å². The molecule has 2 rings (SSSR count). The molecule has 0 spiro atoms. The quantitative estimate of drug-likeness (QED) is 0.779. The zero-order valence-corrected chi connectivity index (χ0v) is 10.3. The first kappa shape index (κ1) is 11.5. The molecule has 0 atom stereocenters. The van der Waals surface area contributed by atoms with E-state index in [0.717, 1.165) is 29.0 Å². The third-order valence-electron chi connectivity index (χ3n) is 2.94. The standard InChI is InChI=1S/C15H18N2/c1-3-12-7-5-8-13(10-12)17-14-9-4-6-11(2)15(14)16/h4-10,17H,3,16H2,1-2H3. The summed E-state index contributed by atoms with van der Waals surface area (Å²) in [5.74, 6) is 0. The average Bonchev–Trinajstić information content (AvgIpc) is 2.35. The number of nitrogens with two attached hydrogens (primary N) is 1. The van der Waals surface area contributed by atoms with E-state index in [9.17, 15) is 0 Å². The van der Waals surface area contributed by atoms with E-state index in [1.54, 1.807) is 0 Å². The highest BCUT2D eigenvalue weighted by Gasteiger charge is 2.02. The smallest absolute Gasteiger partial charge is 0.0620 e. The van der Waals surface area contributed by atoms with Crippen LogP contribution in [0.5, 0.6) is 0 Å². The molecule has 2 aromatic rings. The first-order valence-electron chi connectivity index (χ1n) is 5.91. The van der Waals surface area contributed by atoms with Gasteiger partial charge in [0.25, 0.3) is 0 Å². The zero-order chi connectivity index (χ0) is 12.3. The van der Waals surface area contributed by atoms with Crippen LogP contribution in [-0.4, -0.2) is 0 Å². The highest BCUT2D eigenvalue weighted by molar-refractivity contribution is 5.75. The van der Waals surface area contributed by atoms with Crippen molar-refractivity contribution < 1.29 is 0 Å². The Hall–Kier alpha value is -1.96. The van der Waals surface area contributed by atoms with Crippen molar-refractivity contribution >= 4 is 17.1 Å². The zero-order valence-electron chi connectivity index (χ0n) is 10.3.